The molecule has 0 radical (unpaired) electrons. The fraction of sp³-hybridized carbons (Fsp3) is 0.818. The van der Waals surface area contributed by atoms with Crippen LogP contribution in [-0.4, -0.2) is 46.4 Å². The molecule has 5 N–H and O–H groups in total. The molecule has 0 heterocycles. The van der Waals surface area contributed by atoms with Crippen LogP contribution >= 0.6 is 0 Å². The Morgan fingerprint density at radius 2 is 1.40 bits per heavy atom. The van der Waals surface area contributed by atoms with Crippen LogP contribution in [0, 0.1) is 29.1 Å². The van der Waals surface area contributed by atoms with Crippen LogP contribution in [0.5, 0.6) is 0 Å². The molecule has 8 nitrogen and oxygen atoms in total. The third-order valence-corrected chi connectivity index (χ3v) is 7.41. The maximum atomic E-state index is 12.9. The number of carbonyl (C=O) groups is 4. The van der Waals surface area contributed by atoms with Crippen LogP contribution < -0.4 is 11.1 Å². The van der Waals surface area contributed by atoms with E-state index in [1.165, 1.54) is 19.3 Å². The molecule has 4 fully saturated rings. The molecule has 8 heteroatoms. The Balaban J connectivity index is 1.56. The summed E-state index contributed by atoms with van der Waals surface area (Å²) in [6.45, 7) is 0.595. The van der Waals surface area contributed by atoms with E-state index in [0.29, 0.717) is 6.54 Å². The number of rotatable bonds is 12. The van der Waals surface area contributed by atoms with Gasteiger partial charge in [0.2, 0.25) is 5.91 Å². The lowest BCUT2D eigenvalue weighted by molar-refractivity contribution is -0.139. The number of aliphatic carboxylic acids is 2. The van der Waals surface area contributed by atoms with Crippen molar-refractivity contribution in [3.05, 3.63) is 0 Å². The molecule has 168 valence electrons. The zero-order valence-electron chi connectivity index (χ0n) is 17.5. The molecule has 0 aromatic rings. The second-order valence-corrected chi connectivity index (χ2v) is 9.97. The fourth-order valence-corrected chi connectivity index (χ4v) is 6.38. The lowest BCUT2D eigenvalue weighted by Gasteiger charge is -2.57. The Morgan fingerprint density at radius 3 is 1.90 bits per heavy atom. The van der Waals surface area contributed by atoms with Gasteiger partial charge in [-0.25, -0.2) is 0 Å². The van der Waals surface area contributed by atoms with Gasteiger partial charge in [0.05, 0.1) is 6.04 Å². The summed E-state index contributed by atoms with van der Waals surface area (Å²) in [6, 6.07) is -0.954. The summed E-state index contributed by atoms with van der Waals surface area (Å²) >= 11 is 0. The van der Waals surface area contributed by atoms with Crippen molar-refractivity contribution in [2.45, 2.75) is 76.7 Å². The van der Waals surface area contributed by atoms with E-state index in [1.807, 2.05) is 0 Å². The quantitative estimate of drug-likeness (QED) is 0.376. The van der Waals surface area contributed by atoms with E-state index in [1.54, 1.807) is 0 Å². The first kappa shape index (κ1) is 22.7. The first-order valence-electron chi connectivity index (χ1n) is 11.2. The van der Waals surface area contributed by atoms with Crippen LogP contribution in [0.1, 0.15) is 70.6 Å². The number of nitrogens with two attached hydrogens (primary N) is 1. The van der Waals surface area contributed by atoms with E-state index in [-0.39, 0.29) is 43.4 Å². The second-order valence-electron chi connectivity index (χ2n) is 9.97. The molecule has 0 saturated heterocycles. The zero-order chi connectivity index (χ0) is 21.9. The number of carboxylic acid groups (broad SMARTS) is 2. The number of hydrogen-bond acceptors (Lipinski definition) is 5. The Labute approximate surface area is 177 Å². The van der Waals surface area contributed by atoms with E-state index in [2.05, 4.69) is 5.32 Å². The van der Waals surface area contributed by atoms with Gasteiger partial charge in [0.1, 0.15) is 5.78 Å². The van der Waals surface area contributed by atoms with Gasteiger partial charge in [0.15, 0.2) is 0 Å². The summed E-state index contributed by atoms with van der Waals surface area (Å²) in [4.78, 5) is 47.0. The number of ketones is 1. The van der Waals surface area contributed by atoms with Crippen molar-refractivity contribution in [1.82, 2.24) is 5.32 Å². The molecule has 4 saturated carbocycles. The number of amides is 1. The fourth-order valence-electron chi connectivity index (χ4n) is 6.38. The first-order chi connectivity index (χ1) is 14.2. The van der Waals surface area contributed by atoms with Crippen molar-refractivity contribution in [2.75, 3.05) is 6.54 Å². The lowest BCUT2D eigenvalue weighted by Crippen LogP contribution is -2.52. The summed E-state index contributed by atoms with van der Waals surface area (Å²) in [5, 5.41) is 20.8. The number of Topliss-reactive ketones (excluding diaryl/α,β-unsaturated/α-hetero) is 1. The Morgan fingerprint density at radius 1 is 0.900 bits per heavy atom. The highest BCUT2D eigenvalue weighted by molar-refractivity contribution is 5.90. The van der Waals surface area contributed by atoms with Crippen molar-refractivity contribution in [1.29, 1.82) is 0 Å². The van der Waals surface area contributed by atoms with Crippen molar-refractivity contribution in [2.24, 2.45) is 34.8 Å². The predicted molar refractivity (Wildman–Crippen MR) is 108 cm³/mol. The highest BCUT2D eigenvalue weighted by atomic mass is 16.4. The van der Waals surface area contributed by atoms with Gasteiger partial charge in [-0.3, -0.25) is 19.2 Å². The number of carboxylic acids is 2. The maximum Gasteiger partial charge on any atom is 0.303 e. The maximum absolute atomic E-state index is 12.9. The molecule has 4 rings (SSSR count). The minimum atomic E-state index is -1.03. The summed E-state index contributed by atoms with van der Waals surface area (Å²) in [5.74, 6) is -1.18. The first-order valence-corrected chi connectivity index (χ1v) is 11.2. The topological polar surface area (TPSA) is 147 Å². The molecule has 0 aliphatic heterocycles. The van der Waals surface area contributed by atoms with Crippen molar-refractivity contribution in [3.63, 3.8) is 0 Å². The van der Waals surface area contributed by atoms with E-state index in [4.69, 9.17) is 15.9 Å². The van der Waals surface area contributed by atoms with Gasteiger partial charge in [-0.1, -0.05) is 0 Å². The average molecular weight is 423 g/mol. The van der Waals surface area contributed by atoms with Crippen molar-refractivity contribution >= 4 is 23.6 Å². The van der Waals surface area contributed by atoms with Crippen LogP contribution in [0.2, 0.25) is 0 Å². The van der Waals surface area contributed by atoms with Gasteiger partial charge >= 0.3 is 11.9 Å². The Bertz CT molecular complexity index is 656. The summed E-state index contributed by atoms with van der Waals surface area (Å²) < 4.78 is 0. The Hall–Kier alpha value is -1.96. The monoisotopic (exact) mass is 422 g/mol. The van der Waals surface area contributed by atoms with E-state index in [9.17, 15) is 19.2 Å². The molecular formula is C22H34N2O6. The van der Waals surface area contributed by atoms with Crippen LogP contribution in [0.4, 0.5) is 0 Å². The second kappa shape index (κ2) is 9.45. The molecule has 4 bridgehead atoms. The molecule has 2 atom stereocenters. The zero-order valence-corrected chi connectivity index (χ0v) is 17.5. The minimum Gasteiger partial charge on any atom is -0.481 e. The van der Waals surface area contributed by atoms with Crippen LogP contribution in [0.3, 0.4) is 0 Å². The van der Waals surface area contributed by atoms with Crippen molar-refractivity contribution < 1.29 is 29.4 Å². The Kier molecular flexibility index (Phi) is 7.16. The average Bonchev–Trinajstić information content (AvgIpc) is 2.66. The smallest absolute Gasteiger partial charge is 0.303 e. The molecule has 4 aliphatic carbocycles. The van der Waals surface area contributed by atoms with Crippen LogP contribution in [0.15, 0.2) is 0 Å². The van der Waals surface area contributed by atoms with Crippen LogP contribution in [0.25, 0.3) is 0 Å². The third-order valence-electron chi connectivity index (χ3n) is 7.41. The van der Waals surface area contributed by atoms with Gasteiger partial charge in [-0.15, -0.1) is 0 Å². The molecule has 30 heavy (non-hydrogen) atoms. The number of carbonyl (C=O) groups excluding carboxylic acids is 2. The highest BCUT2D eigenvalue weighted by Gasteiger charge is 2.50. The van der Waals surface area contributed by atoms with E-state index in [0.717, 1.165) is 37.0 Å². The number of hydrogen-bond donors (Lipinski definition) is 4. The van der Waals surface area contributed by atoms with Crippen molar-refractivity contribution in [3.8, 4) is 0 Å². The normalized spacial score (nSPS) is 31.2. The third kappa shape index (κ3) is 5.80. The summed E-state index contributed by atoms with van der Waals surface area (Å²) in [6.07, 6.45) is 6.91. The van der Waals surface area contributed by atoms with Gasteiger partial charge in [0.25, 0.3) is 0 Å². The minimum absolute atomic E-state index is 0.00864. The predicted octanol–water partition coefficient (Wildman–Crippen LogP) is 1.95. The molecule has 0 aromatic carbocycles. The molecular weight excluding hydrogens is 388 g/mol. The van der Waals surface area contributed by atoms with Gasteiger partial charge in [0, 0.05) is 31.7 Å². The van der Waals surface area contributed by atoms with Gasteiger partial charge < -0.3 is 21.3 Å². The van der Waals surface area contributed by atoms with E-state index >= 15 is 0 Å². The molecule has 2 unspecified atom stereocenters. The molecule has 1 amide bonds. The standard InChI is InChI=1S/C22H34N2O6/c23-17(2-4-20(28)29)18(25)8-16(1-3-19(26)27)21(30)24-12-22-9-13-5-14(10-22)7-15(6-13)11-22/h13-17H,1-12,23H2,(H,24,30)(H,26,27)(H,28,29). The summed E-state index contributed by atoms with van der Waals surface area (Å²) in [7, 11) is 0. The largest absolute Gasteiger partial charge is 0.481 e. The SMILES string of the molecule is NC(CCC(=O)O)C(=O)CC(CCC(=O)O)C(=O)NCC12CC3CC(CC(C3)C1)C2. The van der Waals surface area contributed by atoms with E-state index < -0.39 is 29.7 Å². The van der Waals surface area contributed by atoms with Gasteiger partial charge in [-0.2, -0.15) is 0 Å². The lowest BCUT2D eigenvalue weighted by atomic mass is 9.49. The molecule has 4 aliphatic rings. The number of nitrogens with one attached hydrogen (secondary N) is 1. The highest BCUT2D eigenvalue weighted by Crippen LogP contribution is 2.59. The molecule has 0 spiro atoms. The van der Waals surface area contributed by atoms with Gasteiger partial charge in [-0.05, 0) is 74.5 Å². The summed E-state index contributed by atoms with van der Waals surface area (Å²) in [5.41, 5.74) is 5.94. The van der Waals surface area contributed by atoms with Crippen LogP contribution in [-0.2, 0) is 19.2 Å². The molecule has 0 aromatic heterocycles.